The number of carbonyl (C=O) groups excluding carboxylic acids is 1. The lowest BCUT2D eigenvalue weighted by Crippen LogP contribution is -2.51. The van der Waals surface area contributed by atoms with E-state index in [0.29, 0.717) is 12.6 Å². The SMILES string of the molecule is CC(C(=O)N1CCCCCC1)N(CCO)CC1CCCN1. The van der Waals surface area contributed by atoms with Crippen LogP contribution in [-0.4, -0.2) is 72.2 Å². The molecule has 2 heterocycles. The van der Waals surface area contributed by atoms with Crippen LogP contribution in [0.5, 0.6) is 0 Å². The van der Waals surface area contributed by atoms with Gasteiger partial charge in [-0.25, -0.2) is 0 Å². The average Bonchev–Trinajstić information content (AvgIpc) is 2.85. The van der Waals surface area contributed by atoms with Gasteiger partial charge in [-0.3, -0.25) is 9.69 Å². The van der Waals surface area contributed by atoms with Gasteiger partial charge in [0.2, 0.25) is 5.91 Å². The highest BCUT2D eigenvalue weighted by Gasteiger charge is 2.28. The van der Waals surface area contributed by atoms with Gasteiger partial charge in [-0.2, -0.15) is 0 Å². The Labute approximate surface area is 128 Å². The molecule has 0 aromatic carbocycles. The number of nitrogens with zero attached hydrogens (tertiary/aromatic N) is 2. The summed E-state index contributed by atoms with van der Waals surface area (Å²) in [6, 6.07) is 0.341. The largest absolute Gasteiger partial charge is 0.395 e. The molecule has 0 spiro atoms. The van der Waals surface area contributed by atoms with E-state index in [2.05, 4.69) is 10.2 Å². The summed E-state index contributed by atoms with van der Waals surface area (Å²) in [5.74, 6) is 0.239. The van der Waals surface area contributed by atoms with Crippen LogP contribution in [0, 0.1) is 0 Å². The summed E-state index contributed by atoms with van der Waals surface area (Å²) in [6.07, 6.45) is 7.12. The zero-order valence-corrected chi connectivity index (χ0v) is 13.4. The predicted molar refractivity (Wildman–Crippen MR) is 84.2 cm³/mol. The standard InChI is InChI=1S/C16H31N3O2/c1-14(16(21)18-9-4-2-3-5-10-18)19(11-12-20)13-15-7-6-8-17-15/h14-15,17,20H,2-13H2,1H3. The Balaban J connectivity index is 1.91. The first-order valence-corrected chi connectivity index (χ1v) is 8.59. The number of nitrogens with one attached hydrogen (secondary N) is 1. The van der Waals surface area contributed by atoms with Crippen molar-refractivity contribution in [2.24, 2.45) is 0 Å². The van der Waals surface area contributed by atoms with E-state index >= 15 is 0 Å². The molecular formula is C16H31N3O2. The third-order valence-electron chi connectivity index (χ3n) is 4.83. The smallest absolute Gasteiger partial charge is 0.239 e. The van der Waals surface area contributed by atoms with Crippen LogP contribution in [-0.2, 0) is 4.79 Å². The molecule has 2 unspecified atom stereocenters. The fourth-order valence-electron chi connectivity index (χ4n) is 3.48. The Bertz CT molecular complexity index is 311. The van der Waals surface area contributed by atoms with Crippen LogP contribution in [0.15, 0.2) is 0 Å². The molecule has 2 fully saturated rings. The highest BCUT2D eigenvalue weighted by Crippen LogP contribution is 2.14. The Morgan fingerprint density at radius 2 is 2.00 bits per heavy atom. The summed E-state index contributed by atoms with van der Waals surface area (Å²) in [7, 11) is 0. The number of aliphatic hydroxyl groups excluding tert-OH is 1. The third-order valence-corrected chi connectivity index (χ3v) is 4.83. The molecule has 0 aromatic heterocycles. The van der Waals surface area contributed by atoms with Gasteiger partial charge < -0.3 is 15.3 Å². The van der Waals surface area contributed by atoms with Gasteiger partial charge in [-0.05, 0) is 39.2 Å². The minimum atomic E-state index is -0.127. The lowest BCUT2D eigenvalue weighted by molar-refractivity contribution is -0.136. The van der Waals surface area contributed by atoms with Crippen LogP contribution in [0.3, 0.4) is 0 Å². The maximum absolute atomic E-state index is 12.7. The predicted octanol–water partition coefficient (Wildman–Crippen LogP) is 0.824. The Morgan fingerprint density at radius 1 is 1.29 bits per heavy atom. The summed E-state index contributed by atoms with van der Waals surface area (Å²) in [6.45, 7) is 6.43. The lowest BCUT2D eigenvalue weighted by Gasteiger charge is -2.33. The molecule has 1 amide bonds. The van der Waals surface area contributed by atoms with Crippen molar-refractivity contribution in [3.8, 4) is 0 Å². The van der Waals surface area contributed by atoms with Crippen LogP contribution >= 0.6 is 0 Å². The van der Waals surface area contributed by atoms with Crippen molar-refractivity contribution in [1.82, 2.24) is 15.1 Å². The van der Waals surface area contributed by atoms with Gasteiger partial charge in [0.1, 0.15) is 0 Å². The molecular weight excluding hydrogens is 266 g/mol. The van der Waals surface area contributed by atoms with Crippen molar-refractivity contribution < 1.29 is 9.90 Å². The van der Waals surface area contributed by atoms with Gasteiger partial charge in [0.05, 0.1) is 12.6 Å². The molecule has 0 radical (unpaired) electrons. The van der Waals surface area contributed by atoms with Gasteiger partial charge in [0.25, 0.3) is 0 Å². The number of hydrogen-bond acceptors (Lipinski definition) is 4. The fraction of sp³-hybridized carbons (Fsp3) is 0.938. The van der Waals surface area contributed by atoms with E-state index in [1.807, 2.05) is 11.8 Å². The molecule has 2 aliphatic heterocycles. The molecule has 122 valence electrons. The van der Waals surface area contributed by atoms with E-state index in [0.717, 1.165) is 39.0 Å². The Morgan fingerprint density at radius 3 is 2.57 bits per heavy atom. The summed E-state index contributed by atoms with van der Waals surface area (Å²) >= 11 is 0. The summed E-state index contributed by atoms with van der Waals surface area (Å²) < 4.78 is 0. The lowest BCUT2D eigenvalue weighted by atomic mass is 10.1. The normalized spacial score (nSPS) is 25.1. The molecule has 5 nitrogen and oxygen atoms in total. The average molecular weight is 297 g/mol. The van der Waals surface area contributed by atoms with E-state index in [9.17, 15) is 9.90 Å². The summed E-state index contributed by atoms with van der Waals surface area (Å²) in [5.41, 5.74) is 0. The molecule has 2 N–H and O–H groups in total. The van der Waals surface area contributed by atoms with Gasteiger partial charge in [0.15, 0.2) is 0 Å². The molecule has 0 saturated carbocycles. The topological polar surface area (TPSA) is 55.8 Å². The van der Waals surface area contributed by atoms with E-state index in [-0.39, 0.29) is 18.6 Å². The zero-order valence-electron chi connectivity index (χ0n) is 13.4. The van der Waals surface area contributed by atoms with Crippen LogP contribution < -0.4 is 5.32 Å². The molecule has 2 rings (SSSR count). The molecule has 2 atom stereocenters. The minimum Gasteiger partial charge on any atom is -0.395 e. The van der Waals surface area contributed by atoms with Crippen LogP contribution in [0.2, 0.25) is 0 Å². The van der Waals surface area contributed by atoms with Crippen LogP contribution in [0.25, 0.3) is 0 Å². The fourth-order valence-corrected chi connectivity index (χ4v) is 3.48. The van der Waals surface area contributed by atoms with E-state index in [1.54, 1.807) is 0 Å². The van der Waals surface area contributed by atoms with Crippen molar-refractivity contribution in [2.75, 3.05) is 39.3 Å². The maximum Gasteiger partial charge on any atom is 0.239 e. The second-order valence-electron chi connectivity index (χ2n) is 6.43. The van der Waals surface area contributed by atoms with Gasteiger partial charge >= 0.3 is 0 Å². The quantitative estimate of drug-likeness (QED) is 0.762. The third kappa shape index (κ3) is 4.94. The molecule has 5 heteroatoms. The van der Waals surface area contributed by atoms with Crippen LogP contribution in [0.4, 0.5) is 0 Å². The highest BCUT2D eigenvalue weighted by molar-refractivity contribution is 5.81. The first kappa shape index (κ1) is 16.7. The highest BCUT2D eigenvalue weighted by atomic mass is 16.3. The second-order valence-corrected chi connectivity index (χ2v) is 6.43. The number of rotatable bonds is 6. The van der Waals surface area contributed by atoms with Crippen molar-refractivity contribution >= 4 is 5.91 Å². The molecule has 0 aliphatic carbocycles. The minimum absolute atomic E-state index is 0.115. The van der Waals surface area contributed by atoms with E-state index in [4.69, 9.17) is 0 Å². The molecule has 21 heavy (non-hydrogen) atoms. The number of amides is 1. The van der Waals surface area contributed by atoms with Crippen LogP contribution in [0.1, 0.15) is 45.4 Å². The number of carbonyl (C=O) groups is 1. The Hall–Kier alpha value is -0.650. The maximum atomic E-state index is 12.7. The van der Waals surface area contributed by atoms with Gasteiger partial charge in [0, 0.05) is 32.2 Å². The van der Waals surface area contributed by atoms with Crippen molar-refractivity contribution in [2.45, 2.75) is 57.5 Å². The summed E-state index contributed by atoms with van der Waals surface area (Å²) in [4.78, 5) is 16.9. The number of hydrogen-bond donors (Lipinski definition) is 2. The first-order valence-electron chi connectivity index (χ1n) is 8.59. The Kier molecular flexibility index (Phi) is 6.93. The van der Waals surface area contributed by atoms with Crippen molar-refractivity contribution in [3.63, 3.8) is 0 Å². The van der Waals surface area contributed by atoms with Crippen molar-refractivity contribution in [1.29, 1.82) is 0 Å². The molecule has 0 aromatic rings. The van der Waals surface area contributed by atoms with Gasteiger partial charge in [-0.15, -0.1) is 0 Å². The summed E-state index contributed by atoms with van der Waals surface area (Å²) in [5, 5.41) is 12.8. The zero-order chi connectivity index (χ0) is 15.1. The number of aliphatic hydroxyl groups is 1. The molecule has 2 aliphatic rings. The monoisotopic (exact) mass is 297 g/mol. The molecule has 2 saturated heterocycles. The van der Waals surface area contributed by atoms with E-state index < -0.39 is 0 Å². The van der Waals surface area contributed by atoms with E-state index in [1.165, 1.54) is 25.7 Å². The van der Waals surface area contributed by atoms with Crippen molar-refractivity contribution in [3.05, 3.63) is 0 Å². The van der Waals surface area contributed by atoms with Gasteiger partial charge in [-0.1, -0.05) is 12.8 Å². The molecule has 0 bridgehead atoms. The second kappa shape index (κ2) is 8.71. The first-order chi connectivity index (χ1) is 10.2. The number of likely N-dealkylation sites (tertiary alicyclic amines) is 1.